The van der Waals surface area contributed by atoms with Gasteiger partial charge in [0.15, 0.2) is 0 Å². The molecule has 21 heavy (non-hydrogen) atoms. The first-order valence-electron chi connectivity index (χ1n) is 7.46. The summed E-state index contributed by atoms with van der Waals surface area (Å²) in [4.78, 5) is 25.4. The second-order valence-corrected chi connectivity index (χ2v) is 5.86. The zero-order chi connectivity index (χ0) is 15.0. The molecule has 1 aromatic rings. The van der Waals surface area contributed by atoms with E-state index in [0.717, 1.165) is 36.2 Å². The maximum atomic E-state index is 12.2. The van der Waals surface area contributed by atoms with Crippen molar-refractivity contribution < 1.29 is 14.7 Å². The summed E-state index contributed by atoms with van der Waals surface area (Å²) in [5.74, 6) is -0.368. The highest BCUT2D eigenvalue weighted by atomic mass is 16.3. The van der Waals surface area contributed by atoms with Crippen LogP contribution in [0.4, 0.5) is 11.4 Å². The van der Waals surface area contributed by atoms with Crippen LogP contribution in [0.15, 0.2) is 18.2 Å². The lowest BCUT2D eigenvalue weighted by molar-refractivity contribution is -0.122. The van der Waals surface area contributed by atoms with Crippen molar-refractivity contribution in [2.75, 3.05) is 16.8 Å². The SMILES string of the molecule is CC(=O)N1CCc2cc(NC(=O)C3CCCC3O)ccc21. The van der Waals surface area contributed by atoms with Gasteiger partial charge in [0.2, 0.25) is 11.8 Å². The smallest absolute Gasteiger partial charge is 0.230 e. The molecule has 3 rings (SSSR count). The fourth-order valence-corrected chi connectivity index (χ4v) is 3.29. The first kappa shape index (κ1) is 14.1. The Balaban J connectivity index is 1.73. The summed E-state index contributed by atoms with van der Waals surface area (Å²) in [6.07, 6.45) is 2.64. The largest absolute Gasteiger partial charge is 0.392 e. The molecule has 5 heteroatoms. The molecule has 0 saturated heterocycles. The molecule has 2 aliphatic rings. The van der Waals surface area contributed by atoms with E-state index in [9.17, 15) is 14.7 Å². The lowest BCUT2D eigenvalue weighted by atomic mass is 10.0. The van der Waals surface area contributed by atoms with Crippen LogP contribution in [0.1, 0.15) is 31.7 Å². The number of nitrogens with zero attached hydrogens (tertiary/aromatic N) is 1. The molecule has 0 spiro atoms. The number of carbonyl (C=O) groups is 2. The number of amides is 2. The third-order valence-corrected chi connectivity index (χ3v) is 4.44. The zero-order valence-electron chi connectivity index (χ0n) is 12.1. The van der Waals surface area contributed by atoms with Gasteiger partial charge in [0.25, 0.3) is 0 Å². The Labute approximate surface area is 123 Å². The summed E-state index contributed by atoms with van der Waals surface area (Å²) < 4.78 is 0. The number of anilines is 2. The third-order valence-electron chi connectivity index (χ3n) is 4.44. The zero-order valence-corrected chi connectivity index (χ0v) is 12.1. The van der Waals surface area contributed by atoms with Crippen molar-refractivity contribution in [1.82, 2.24) is 0 Å². The van der Waals surface area contributed by atoms with Gasteiger partial charge in [-0.2, -0.15) is 0 Å². The van der Waals surface area contributed by atoms with E-state index in [1.54, 1.807) is 11.8 Å². The van der Waals surface area contributed by atoms with Crippen LogP contribution in [0.5, 0.6) is 0 Å². The molecule has 1 aliphatic carbocycles. The summed E-state index contributed by atoms with van der Waals surface area (Å²) in [6.45, 7) is 2.26. The monoisotopic (exact) mass is 288 g/mol. The number of hydrogen-bond donors (Lipinski definition) is 2. The van der Waals surface area contributed by atoms with Crippen LogP contribution in [-0.4, -0.2) is 29.6 Å². The van der Waals surface area contributed by atoms with Crippen molar-refractivity contribution in [3.63, 3.8) is 0 Å². The van der Waals surface area contributed by atoms with Gasteiger partial charge in [-0.05, 0) is 49.4 Å². The molecule has 5 nitrogen and oxygen atoms in total. The van der Waals surface area contributed by atoms with Crippen LogP contribution in [0.25, 0.3) is 0 Å². The molecule has 2 atom stereocenters. The number of rotatable bonds is 2. The number of aliphatic hydroxyl groups is 1. The Morgan fingerprint density at radius 1 is 1.33 bits per heavy atom. The summed E-state index contributed by atoms with van der Waals surface area (Å²) in [7, 11) is 0. The topological polar surface area (TPSA) is 69.6 Å². The van der Waals surface area contributed by atoms with Gasteiger partial charge in [0, 0.05) is 24.8 Å². The summed E-state index contributed by atoms with van der Waals surface area (Å²) in [5, 5.41) is 12.7. The Morgan fingerprint density at radius 3 is 2.81 bits per heavy atom. The molecule has 2 unspecified atom stereocenters. The van der Waals surface area contributed by atoms with E-state index < -0.39 is 6.10 Å². The lowest BCUT2D eigenvalue weighted by Gasteiger charge is -2.16. The average molecular weight is 288 g/mol. The first-order chi connectivity index (χ1) is 10.1. The minimum atomic E-state index is -0.521. The number of nitrogens with one attached hydrogen (secondary N) is 1. The molecule has 1 fully saturated rings. The predicted molar refractivity (Wildman–Crippen MR) is 80.2 cm³/mol. The van der Waals surface area contributed by atoms with E-state index in [4.69, 9.17) is 0 Å². The molecule has 112 valence electrons. The van der Waals surface area contributed by atoms with E-state index >= 15 is 0 Å². The van der Waals surface area contributed by atoms with Gasteiger partial charge in [0.1, 0.15) is 0 Å². The Morgan fingerprint density at radius 2 is 2.14 bits per heavy atom. The highest BCUT2D eigenvalue weighted by Gasteiger charge is 2.31. The maximum Gasteiger partial charge on any atom is 0.230 e. The van der Waals surface area contributed by atoms with Crippen molar-refractivity contribution in [1.29, 1.82) is 0 Å². The highest BCUT2D eigenvalue weighted by molar-refractivity contribution is 5.96. The van der Waals surface area contributed by atoms with E-state index in [1.807, 2.05) is 18.2 Å². The quantitative estimate of drug-likeness (QED) is 0.870. The number of hydrogen-bond acceptors (Lipinski definition) is 3. The van der Waals surface area contributed by atoms with Crippen molar-refractivity contribution in [2.24, 2.45) is 5.92 Å². The van der Waals surface area contributed by atoms with Crippen molar-refractivity contribution in [3.05, 3.63) is 23.8 Å². The molecular weight excluding hydrogens is 268 g/mol. The van der Waals surface area contributed by atoms with Crippen LogP contribution >= 0.6 is 0 Å². The van der Waals surface area contributed by atoms with Crippen LogP contribution < -0.4 is 10.2 Å². The fraction of sp³-hybridized carbons (Fsp3) is 0.500. The number of fused-ring (bicyclic) bond motifs is 1. The number of benzene rings is 1. The van der Waals surface area contributed by atoms with Crippen LogP contribution in [0.2, 0.25) is 0 Å². The molecule has 1 heterocycles. The maximum absolute atomic E-state index is 12.2. The summed E-state index contributed by atoms with van der Waals surface area (Å²) >= 11 is 0. The lowest BCUT2D eigenvalue weighted by Crippen LogP contribution is -2.28. The molecule has 0 radical (unpaired) electrons. The molecule has 2 N–H and O–H groups in total. The van der Waals surface area contributed by atoms with Gasteiger partial charge in [0.05, 0.1) is 12.0 Å². The predicted octanol–water partition coefficient (Wildman–Crippen LogP) is 1.70. The van der Waals surface area contributed by atoms with Crippen molar-refractivity contribution >= 4 is 23.2 Å². The molecule has 1 aliphatic heterocycles. The van der Waals surface area contributed by atoms with Crippen LogP contribution in [0.3, 0.4) is 0 Å². The first-order valence-corrected chi connectivity index (χ1v) is 7.46. The van der Waals surface area contributed by atoms with Crippen LogP contribution in [-0.2, 0) is 16.0 Å². The van der Waals surface area contributed by atoms with Gasteiger partial charge in [-0.15, -0.1) is 0 Å². The Kier molecular flexibility index (Phi) is 3.68. The highest BCUT2D eigenvalue weighted by Crippen LogP contribution is 2.31. The van der Waals surface area contributed by atoms with Gasteiger partial charge in [-0.3, -0.25) is 9.59 Å². The average Bonchev–Trinajstić information content (AvgIpc) is 3.04. The van der Waals surface area contributed by atoms with Gasteiger partial charge in [-0.25, -0.2) is 0 Å². The van der Waals surface area contributed by atoms with Gasteiger partial charge < -0.3 is 15.3 Å². The van der Waals surface area contributed by atoms with Crippen molar-refractivity contribution in [3.8, 4) is 0 Å². The Bertz CT molecular complexity index is 585. The van der Waals surface area contributed by atoms with E-state index in [2.05, 4.69) is 5.32 Å². The second kappa shape index (κ2) is 5.48. The Hall–Kier alpha value is -1.88. The second-order valence-electron chi connectivity index (χ2n) is 5.86. The van der Waals surface area contributed by atoms with Crippen molar-refractivity contribution in [2.45, 2.75) is 38.7 Å². The molecule has 1 aromatic carbocycles. The summed E-state index contributed by atoms with van der Waals surface area (Å²) in [6, 6.07) is 5.63. The van der Waals surface area contributed by atoms with E-state index in [0.29, 0.717) is 13.0 Å². The molecule has 0 bridgehead atoms. The standard InChI is InChI=1S/C16H20N2O3/c1-10(19)18-8-7-11-9-12(5-6-14(11)18)17-16(21)13-3-2-4-15(13)20/h5-6,9,13,15,20H,2-4,7-8H2,1H3,(H,17,21). The molecule has 1 saturated carbocycles. The van der Waals surface area contributed by atoms with E-state index in [1.165, 1.54) is 0 Å². The number of carbonyl (C=O) groups excluding carboxylic acids is 2. The minimum Gasteiger partial charge on any atom is -0.392 e. The third kappa shape index (κ3) is 2.65. The minimum absolute atomic E-state index is 0.0413. The summed E-state index contributed by atoms with van der Waals surface area (Å²) in [5.41, 5.74) is 2.75. The van der Waals surface area contributed by atoms with Gasteiger partial charge in [-0.1, -0.05) is 0 Å². The molecular formula is C16H20N2O3. The normalized spacial score (nSPS) is 24.0. The van der Waals surface area contributed by atoms with E-state index in [-0.39, 0.29) is 17.7 Å². The number of aliphatic hydroxyl groups excluding tert-OH is 1. The van der Waals surface area contributed by atoms with Crippen LogP contribution in [0, 0.1) is 5.92 Å². The fourth-order valence-electron chi connectivity index (χ4n) is 3.29. The molecule has 0 aromatic heterocycles. The van der Waals surface area contributed by atoms with Gasteiger partial charge >= 0.3 is 0 Å². The molecule has 2 amide bonds.